The predicted octanol–water partition coefficient (Wildman–Crippen LogP) is 1.09. The molecule has 0 spiro atoms. The van der Waals surface area contributed by atoms with Gasteiger partial charge in [-0.1, -0.05) is 0 Å². The lowest BCUT2D eigenvalue weighted by molar-refractivity contribution is -0.129. The molecule has 3 rings (SSSR count). The first-order valence-corrected chi connectivity index (χ1v) is 8.77. The van der Waals surface area contributed by atoms with Gasteiger partial charge in [0.15, 0.2) is 0 Å². The Labute approximate surface area is 147 Å². The van der Waals surface area contributed by atoms with Crippen molar-refractivity contribution < 1.29 is 14.0 Å². The van der Waals surface area contributed by atoms with E-state index < -0.39 is 5.95 Å². The van der Waals surface area contributed by atoms with Gasteiger partial charge in [0.1, 0.15) is 0 Å². The van der Waals surface area contributed by atoms with Crippen molar-refractivity contribution in [3.8, 4) is 0 Å². The van der Waals surface area contributed by atoms with Gasteiger partial charge in [-0.25, -0.2) is 4.98 Å². The van der Waals surface area contributed by atoms with Gasteiger partial charge in [0, 0.05) is 45.0 Å². The first kappa shape index (κ1) is 17.8. The van der Waals surface area contributed by atoms with Gasteiger partial charge in [0.25, 0.3) is 5.91 Å². The Hall–Kier alpha value is -2.02. The highest BCUT2D eigenvalue weighted by molar-refractivity contribution is 5.94. The highest BCUT2D eigenvalue weighted by Gasteiger charge is 2.37. The molecule has 6 nitrogen and oxygen atoms in total. The number of hydrogen-bond donors (Lipinski definition) is 0. The lowest BCUT2D eigenvalue weighted by Gasteiger charge is -2.23. The lowest BCUT2D eigenvalue weighted by atomic mass is 9.92. The number of nitrogens with zero attached hydrogens (tertiary/aromatic N) is 4. The number of carbonyl (C=O) groups excluding carboxylic acids is 2. The number of aromatic nitrogens is 1. The zero-order valence-corrected chi connectivity index (χ0v) is 14.8. The number of likely N-dealkylation sites (tertiary alicyclic amines) is 2. The number of rotatable bonds is 3. The average Bonchev–Trinajstić information content (AvgIpc) is 2.90. The quantitative estimate of drug-likeness (QED) is 0.768. The molecule has 0 N–H and O–H groups in total. The molecule has 2 atom stereocenters. The minimum Gasteiger partial charge on any atom is -0.348 e. The maximum absolute atomic E-state index is 13.2. The zero-order chi connectivity index (χ0) is 18.0. The summed E-state index contributed by atoms with van der Waals surface area (Å²) in [4.78, 5) is 33.7. The van der Waals surface area contributed by atoms with Gasteiger partial charge in [-0.15, -0.1) is 0 Å². The van der Waals surface area contributed by atoms with Crippen LogP contribution in [0.4, 0.5) is 4.39 Å². The van der Waals surface area contributed by atoms with Gasteiger partial charge in [0.05, 0.1) is 6.54 Å². The first-order valence-electron chi connectivity index (χ1n) is 8.77. The third-order valence-corrected chi connectivity index (χ3v) is 5.33. The van der Waals surface area contributed by atoms with E-state index in [0.29, 0.717) is 37.0 Å². The topological polar surface area (TPSA) is 56.8 Å². The van der Waals surface area contributed by atoms with Crippen LogP contribution in [0.1, 0.15) is 23.2 Å². The van der Waals surface area contributed by atoms with E-state index in [0.717, 1.165) is 25.9 Å². The van der Waals surface area contributed by atoms with Gasteiger partial charge in [-0.3, -0.25) is 14.5 Å². The zero-order valence-electron chi connectivity index (χ0n) is 14.8. The Morgan fingerprint density at radius 1 is 1.24 bits per heavy atom. The minimum absolute atomic E-state index is 0.117. The van der Waals surface area contributed by atoms with E-state index in [-0.39, 0.29) is 11.8 Å². The molecule has 0 unspecified atom stereocenters. The lowest BCUT2D eigenvalue weighted by Crippen LogP contribution is -2.37. The predicted molar refractivity (Wildman–Crippen MR) is 91.4 cm³/mol. The van der Waals surface area contributed by atoms with E-state index in [1.165, 1.54) is 12.3 Å². The number of carbonyl (C=O) groups is 2. The summed E-state index contributed by atoms with van der Waals surface area (Å²) in [7, 11) is 3.56. The summed E-state index contributed by atoms with van der Waals surface area (Å²) < 4.78 is 13.2. The molecule has 0 radical (unpaired) electrons. The summed E-state index contributed by atoms with van der Waals surface area (Å²) in [5, 5.41) is 0. The molecule has 7 heteroatoms. The van der Waals surface area contributed by atoms with Crippen LogP contribution in [0.3, 0.4) is 0 Å². The minimum atomic E-state index is -0.625. The summed E-state index contributed by atoms with van der Waals surface area (Å²) in [5.41, 5.74) is 0.363. The van der Waals surface area contributed by atoms with E-state index in [1.807, 2.05) is 4.90 Å². The monoisotopic (exact) mass is 348 g/mol. The van der Waals surface area contributed by atoms with E-state index >= 15 is 0 Å². The molecule has 3 heterocycles. The Morgan fingerprint density at radius 2 is 1.88 bits per heavy atom. The maximum atomic E-state index is 13.2. The van der Waals surface area contributed by atoms with Crippen LogP contribution in [0.5, 0.6) is 0 Å². The van der Waals surface area contributed by atoms with Gasteiger partial charge in [-0.2, -0.15) is 4.39 Å². The molecule has 0 aliphatic carbocycles. The van der Waals surface area contributed by atoms with Crippen LogP contribution in [-0.2, 0) is 4.79 Å². The van der Waals surface area contributed by atoms with Crippen molar-refractivity contribution in [3.05, 3.63) is 29.8 Å². The molecule has 1 aromatic heterocycles. The first-order chi connectivity index (χ1) is 11.9. The van der Waals surface area contributed by atoms with Crippen LogP contribution in [0, 0.1) is 17.8 Å². The van der Waals surface area contributed by atoms with E-state index in [9.17, 15) is 14.0 Å². The molecule has 136 valence electrons. The molecule has 0 saturated carbocycles. The van der Waals surface area contributed by atoms with Crippen molar-refractivity contribution in [3.63, 3.8) is 0 Å². The summed E-state index contributed by atoms with van der Waals surface area (Å²) >= 11 is 0. The highest BCUT2D eigenvalue weighted by Crippen LogP contribution is 2.32. The fraction of sp³-hybridized carbons (Fsp3) is 0.611. The molecule has 25 heavy (non-hydrogen) atoms. The van der Waals surface area contributed by atoms with E-state index in [4.69, 9.17) is 0 Å². The van der Waals surface area contributed by atoms with Gasteiger partial charge in [-0.05, 0) is 43.8 Å². The second kappa shape index (κ2) is 7.47. The molecule has 0 bridgehead atoms. The number of halogens is 1. The molecule has 2 aliphatic heterocycles. The Morgan fingerprint density at radius 3 is 2.44 bits per heavy atom. The number of fused-ring (bicyclic) bond motifs is 1. The highest BCUT2D eigenvalue weighted by atomic mass is 19.1. The van der Waals surface area contributed by atoms with Gasteiger partial charge >= 0.3 is 0 Å². The molecule has 2 amide bonds. The Bertz CT molecular complexity index is 636. The fourth-order valence-corrected chi connectivity index (χ4v) is 3.78. The second-order valence-electron chi connectivity index (χ2n) is 7.24. The standard InChI is InChI=1S/C18H25FN4O2/c1-21(2)17(24)12-22-7-4-14-10-23(11-15(14)5-8-22)18(25)13-3-6-20-16(19)9-13/h3,6,9,14-15H,4-5,7-8,10-12H2,1-2H3/t14-,15+. The number of likely N-dealkylation sites (N-methyl/N-ethyl adjacent to an activating group) is 1. The molecule has 1 aromatic rings. The number of pyridine rings is 1. The van der Waals surface area contributed by atoms with Crippen molar-refractivity contribution >= 4 is 11.8 Å². The maximum Gasteiger partial charge on any atom is 0.254 e. The van der Waals surface area contributed by atoms with Crippen molar-refractivity contribution in [2.24, 2.45) is 11.8 Å². The molecule has 0 aromatic carbocycles. The molecular formula is C18H25FN4O2. The average molecular weight is 348 g/mol. The summed E-state index contributed by atoms with van der Waals surface area (Å²) in [6.07, 6.45) is 3.30. The van der Waals surface area contributed by atoms with Gasteiger partial charge < -0.3 is 9.80 Å². The van der Waals surface area contributed by atoms with Crippen LogP contribution in [-0.4, -0.2) is 78.3 Å². The Balaban J connectivity index is 1.57. The van der Waals surface area contributed by atoms with Crippen LogP contribution < -0.4 is 0 Å². The van der Waals surface area contributed by atoms with Crippen molar-refractivity contribution in [2.75, 3.05) is 46.8 Å². The van der Waals surface area contributed by atoms with Crippen LogP contribution in [0.25, 0.3) is 0 Å². The largest absolute Gasteiger partial charge is 0.348 e. The summed E-state index contributed by atoms with van der Waals surface area (Å²) in [5.74, 6) is 0.295. The molecule has 2 fully saturated rings. The second-order valence-corrected chi connectivity index (χ2v) is 7.24. The number of hydrogen-bond acceptors (Lipinski definition) is 4. The van der Waals surface area contributed by atoms with E-state index in [2.05, 4.69) is 9.88 Å². The Kier molecular flexibility index (Phi) is 5.32. The van der Waals surface area contributed by atoms with Crippen molar-refractivity contribution in [1.29, 1.82) is 0 Å². The molecular weight excluding hydrogens is 323 g/mol. The van der Waals surface area contributed by atoms with Crippen molar-refractivity contribution in [1.82, 2.24) is 19.7 Å². The van der Waals surface area contributed by atoms with Crippen LogP contribution in [0.15, 0.2) is 18.3 Å². The fourth-order valence-electron chi connectivity index (χ4n) is 3.78. The third-order valence-electron chi connectivity index (χ3n) is 5.33. The van der Waals surface area contributed by atoms with Gasteiger partial charge in [0.2, 0.25) is 11.9 Å². The smallest absolute Gasteiger partial charge is 0.254 e. The van der Waals surface area contributed by atoms with Crippen LogP contribution in [0.2, 0.25) is 0 Å². The third kappa shape index (κ3) is 4.15. The summed E-state index contributed by atoms with van der Waals surface area (Å²) in [6, 6.07) is 2.76. The number of amides is 2. The molecule has 2 saturated heterocycles. The normalized spacial score (nSPS) is 23.9. The van der Waals surface area contributed by atoms with Crippen molar-refractivity contribution in [2.45, 2.75) is 12.8 Å². The van der Waals surface area contributed by atoms with E-state index in [1.54, 1.807) is 25.1 Å². The SMILES string of the molecule is CN(C)C(=O)CN1CC[C@@H]2CN(C(=O)c3ccnc(F)c3)C[C@@H]2CC1. The van der Waals surface area contributed by atoms with Crippen LogP contribution >= 0.6 is 0 Å². The molecule has 2 aliphatic rings. The summed E-state index contributed by atoms with van der Waals surface area (Å²) in [6.45, 7) is 3.65.